The second-order valence-electron chi connectivity index (χ2n) is 5.79. The lowest BCUT2D eigenvalue weighted by Crippen LogP contribution is -2.47. The molecule has 3 atom stereocenters. The minimum Gasteiger partial charge on any atom is -0.342 e. The normalized spacial score (nSPS) is 26.1. The lowest BCUT2D eigenvalue weighted by Gasteiger charge is -2.38. The maximum absolute atomic E-state index is 12.5. The van der Waals surface area contributed by atoms with Crippen molar-refractivity contribution < 1.29 is 4.79 Å². The highest BCUT2D eigenvalue weighted by atomic mass is 16.2. The van der Waals surface area contributed by atoms with Crippen LogP contribution in [0.3, 0.4) is 0 Å². The quantitative estimate of drug-likeness (QED) is 0.792. The fourth-order valence-corrected chi connectivity index (χ4v) is 2.87. The molecule has 1 aliphatic rings. The first-order valence-corrected chi connectivity index (χ1v) is 7.62. The third-order valence-corrected chi connectivity index (χ3v) is 4.48. The van der Waals surface area contributed by atoms with Crippen LogP contribution >= 0.6 is 0 Å². The number of nitrogens with zero attached hydrogens (tertiary/aromatic N) is 1. The van der Waals surface area contributed by atoms with Crippen LogP contribution in [0.4, 0.5) is 0 Å². The molecule has 0 aromatic rings. The van der Waals surface area contributed by atoms with Gasteiger partial charge in [-0.25, -0.2) is 0 Å². The summed E-state index contributed by atoms with van der Waals surface area (Å²) in [5, 5.41) is 0. The largest absolute Gasteiger partial charge is 0.342 e. The molecule has 1 fully saturated rings. The van der Waals surface area contributed by atoms with E-state index in [1.807, 2.05) is 0 Å². The summed E-state index contributed by atoms with van der Waals surface area (Å²) < 4.78 is 0. The second-order valence-corrected chi connectivity index (χ2v) is 5.79. The predicted molar refractivity (Wildman–Crippen MR) is 76.2 cm³/mol. The molecule has 0 aromatic carbocycles. The third kappa shape index (κ3) is 3.98. The van der Waals surface area contributed by atoms with Gasteiger partial charge in [-0.15, -0.1) is 0 Å². The summed E-state index contributed by atoms with van der Waals surface area (Å²) in [5.74, 6) is 1.76. The van der Waals surface area contributed by atoms with E-state index in [-0.39, 0.29) is 5.92 Å². The lowest BCUT2D eigenvalue weighted by atomic mass is 9.86. The monoisotopic (exact) mass is 254 g/mol. The minimum atomic E-state index is 0.233. The molecule has 1 rings (SSSR count). The Morgan fingerprint density at radius 3 is 2.72 bits per heavy atom. The van der Waals surface area contributed by atoms with E-state index >= 15 is 0 Å². The number of hydrogen-bond donors (Lipinski definition) is 1. The molecule has 3 nitrogen and oxygen atoms in total. The predicted octanol–water partition coefficient (Wildman–Crippen LogP) is 2.65. The van der Waals surface area contributed by atoms with Gasteiger partial charge in [-0.1, -0.05) is 33.6 Å². The van der Waals surface area contributed by atoms with E-state index in [1.54, 1.807) is 0 Å². The number of carbonyl (C=O) groups excluding carboxylic acids is 1. The molecule has 0 spiro atoms. The average molecular weight is 254 g/mol. The summed E-state index contributed by atoms with van der Waals surface area (Å²) in [6.07, 6.45) is 5.46. The highest BCUT2D eigenvalue weighted by molar-refractivity contribution is 5.78. The molecule has 2 N–H and O–H groups in total. The van der Waals surface area contributed by atoms with E-state index in [4.69, 9.17) is 5.73 Å². The zero-order valence-corrected chi connectivity index (χ0v) is 12.3. The van der Waals surface area contributed by atoms with E-state index in [9.17, 15) is 4.79 Å². The fourth-order valence-electron chi connectivity index (χ4n) is 2.87. The molecule has 1 heterocycles. The van der Waals surface area contributed by atoms with Gasteiger partial charge in [-0.3, -0.25) is 4.79 Å². The zero-order chi connectivity index (χ0) is 13.5. The summed E-state index contributed by atoms with van der Waals surface area (Å²) in [6, 6.07) is 0. The molecule has 3 unspecified atom stereocenters. The van der Waals surface area contributed by atoms with Gasteiger partial charge in [0.1, 0.15) is 0 Å². The molecular weight excluding hydrogens is 224 g/mol. The van der Waals surface area contributed by atoms with Crippen molar-refractivity contribution in [2.75, 3.05) is 19.6 Å². The van der Waals surface area contributed by atoms with Crippen molar-refractivity contribution in [3.63, 3.8) is 0 Å². The van der Waals surface area contributed by atoms with Crippen molar-refractivity contribution in [1.82, 2.24) is 4.90 Å². The zero-order valence-electron chi connectivity index (χ0n) is 12.3. The van der Waals surface area contributed by atoms with Crippen LogP contribution in [0.5, 0.6) is 0 Å². The first-order valence-electron chi connectivity index (χ1n) is 7.62. The Labute approximate surface area is 112 Å². The Hall–Kier alpha value is -0.570. The third-order valence-electron chi connectivity index (χ3n) is 4.48. The molecule has 0 saturated carbocycles. The summed E-state index contributed by atoms with van der Waals surface area (Å²) in [5.41, 5.74) is 5.81. The highest BCUT2D eigenvalue weighted by Crippen LogP contribution is 2.25. The van der Waals surface area contributed by atoms with E-state index < -0.39 is 0 Å². The topological polar surface area (TPSA) is 46.3 Å². The summed E-state index contributed by atoms with van der Waals surface area (Å²) >= 11 is 0. The standard InChI is InChI=1S/C15H30N2O/c1-4-6-7-13(5-2)15(18)17-9-8-12(3)14(10-16)11-17/h12-14H,4-11,16H2,1-3H3. The molecule has 0 radical (unpaired) electrons. The number of amides is 1. The van der Waals surface area contributed by atoms with Gasteiger partial charge in [0.2, 0.25) is 5.91 Å². The molecule has 3 heteroatoms. The molecule has 106 valence electrons. The van der Waals surface area contributed by atoms with E-state index in [1.165, 1.54) is 6.42 Å². The van der Waals surface area contributed by atoms with Crippen LogP contribution in [0.1, 0.15) is 52.9 Å². The van der Waals surface area contributed by atoms with Gasteiger partial charge in [-0.2, -0.15) is 0 Å². The summed E-state index contributed by atoms with van der Waals surface area (Å²) in [6.45, 7) is 9.08. The Balaban J connectivity index is 2.54. The van der Waals surface area contributed by atoms with Crippen LogP contribution in [0.2, 0.25) is 0 Å². The van der Waals surface area contributed by atoms with Crippen molar-refractivity contribution in [2.45, 2.75) is 52.9 Å². The molecule has 18 heavy (non-hydrogen) atoms. The van der Waals surface area contributed by atoms with Gasteiger partial charge < -0.3 is 10.6 Å². The van der Waals surface area contributed by atoms with Gasteiger partial charge in [-0.05, 0) is 37.6 Å². The first kappa shape index (κ1) is 15.5. The number of piperidine rings is 1. The molecule has 1 saturated heterocycles. The van der Waals surface area contributed by atoms with Crippen LogP contribution in [-0.4, -0.2) is 30.4 Å². The molecule has 0 aliphatic carbocycles. The SMILES string of the molecule is CCCCC(CC)C(=O)N1CCC(C)C(CN)C1. The van der Waals surface area contributed by atoms with Crippen LogP contribution in [0.15, 0.2) is 0 Å². The van der Waals surface area contributed by atoms with Crippen LogP contribution in [0, 0.1) is 17.8 Å². The van der Waals surface area contributed by atoms with Gasteiger partial charge in [0.05, 0.1) is 0 Å². The Kier molecular flexibility index (Phi) is 6.69. The smallest absolute Gasteiger partial charge is 0.225 e. The highest BCUT2D eigenvalue weighted by Gasteiger charge is 2.30. The Bertz CT molecular complexity index is 255. The van der Waals surface area contributed by atoms with Crippen molar-refractivity contribution >= 4 is 5.91 Å². The maximum Gasteiger partial charge on any atom is 0.225 e. The first-order chi connectivity index (χ1) is 8.63. The van der Waals surface area contributed by atoms with Crippen LogP contribution in [-0.2, 0) is 4.79 Å². The van der Waals surface area contributed by atoms with Gasteiger partial charge in [0, 0.05) is 19.0 Å². The van der Waals surface area contributed by atoms with Crippen molar-refractivity contribution in [3.8, 4) is 0 Å². The van der Waals surface area contributed by atoms with Gasteiger partial charge in [0.25, 0.3) is 0 Å². The molecule has 0 bridgehead atoms. The summed E-state index contributed by atoms with van der Waals surface area (Å²) in [7, 11) is 0. The molecular formula is C15H30N2O. The number of hydrogen-bond acceptors (Lipinski definition) is 2. The molecule has 1 amide bonds. The molecule has 1 aliphatic heterocycles. The Morgan fingerprint density at radius 1 is 1.44 bits per heavy atom. The maximum atomic E-state index is 12.5. The number of likely N-dealkylation sites (tertiary alicyclic amines) is 1. The number of carbonyl (C=O) groups is 1. The van der Waals surface area contributed by atoms with E-state index in [0.29, 0.717) is 24.3 Å². The van der Waals surface area contributed by atoms with Gasteiger partial charge in [0.15, 0.2) is 0 Å². The van der Waals surface area contributed by atoms with Crippen LogP contribution < -0.4 is 5.73 Å². The summed E-state index contributed by atoms with van der Waals surface area (Å²) in [4.78, 5) is 14.6. The van der Waals surface area contributed by atoms with Crippen molar-refractivity contribution in [3.05, 3.63) is 0 Å². The Morgan fingerprint density at radius 2 is 2.17 bits per heavy atom. The number of nitrogens with two attached hydrogens (primary N) is 1. The minimum absolute atomic E-state index is 0.233. The molecule has 0 aromatic heterocycles. The van der Waals surface area contributed by atoms with Crippen molar-refractivity contribution in [2.24, 2.45) is 23.5 Å². The van der Waals surface area contributed by atoms with Crippen LogP contribution in [0.25, 0.3) is 0 Å². The average Bonchev–Trinajstić information content (AvgIpc) is 2.40. The fraction of sp³-hybridized carbons (Fsp3) is 0.933. The number of unbranched alkanes of at least 4 members (excludes halogenated alkanes) is 1. The second kappa shape index (κ2) is 7.78. The van der Waals surface area contributed by atoms with E-state index in [0.717, 1.165) is 38.8 Å². The number of rotatable bonds is 6. The van der Waals surface area contributed by atoms with Gasteiger partial charge >= 0.3 is 0 Å². The lowest BCUT2D eigenvalue weighted by molar-refractivity contribution is -0.138. The van der Waals surface area contributed by atoms with E-state index in [2.05, 4.69) is 25.7 Å². The van der Waals surface area contributed by atoms with Crippen molar-refractivity contribution in [1.29, 1.82) is 0 Å².